The van der Waals surface area contributed by atoms with Crippen LogP contribution in [0.5, 0.6) is 0 Å². The van der Waals surface area contributed by atoms with Crippen LogP contribution in [-0.4, -0.2) is 37.2 Å². The molecule has 0 fully saturated rings. The predicted molar refractivity (Wildman–Crippen MR) is 362 cm³/mol. The van der Waals surface area contributed by atoms with Crippen LogP contribution in [0.1, 0.15) is 303 Å². The maximum atomic E-state index is 13.0. The highest BCUT2D eigenvalue weighted by Crippen LogP contribution is 2.16. The smallest absolute Gasteiger partial charge is 0.306 e. The Bertz CT molecular complexity index is 1800. The summed E-state index contributed by atoms with van der Waals surface area (Å²) < 4.78 is 17.0. The molecule has 6 nitrogen and oxygen atoms in total. The molecule has 0 amide bonds. The SMILES string of the molecule is CC/C=C\C/C=C\C/C=C\C/C=C\C/C=C\CCCCCCCC(=O)OC(COC(=O)CCCCCCCC/C=C\C/C=C\C/C=C\CCCCC)COC(=O)CCCCCCCCCCCCCC/C=C\C/C=C\C/C=C\C/C=C\CC. The van der Waals surface area contributed by atoms with Crippen molar-refractivity contribution in [2.75, 3.05) is 13.2 Å². The number of esters is 3. The van der Waals surface area contributed by atoms with Crippen LogP contribution >= 0.6 is 0 Å². The molecule has 0 aromatic rings. The lowest BCUT2D eigenvalue weighted by Crippen LogP contribution is -2.30. The minimum absolute atomic E-state index is 0.0956. The van der Waals surface area contributed by atoms with E-state index in [0.29, 0.717) is 19.3 Å². The van der Waals surface area contributed by atoms with Crippen molar-refractivity contribution in [1.29, 1.82) is 0 Å². The van der Waals surface area contributed by atoms with E-state index < -0.39 is 6.10 Å². The second kappa shape index (κ2) is 69.8. The lowest BCUT2D eigenvalue weighted by atomic mass is 10.0. The van der Waals surface area contributed by atoms with Gasteiger partial charge >= 0.3 is 17.9 Å². The highest BCUT2D eigenvalue weighted by Gasteiger charge is 2.19. The second-order valence-corrected chi connectivity index (χ2v) is 22.3. The zero-order valence-corrected chi connectivity index (χ0v) is 53.9. The third-order valence-corrected chi connectivity index (χ3v) is 14.3. The summed E-state index contributed by atoms with van der Waals surface area (Å²) in [5, 5.41) is 0. The molecule has 0 rings (SSSR count). The number of carbonyl (C=O) groups is 3. The van der Waals surface area contributed by atoms with E-state index in [1.54, 1.807) is 0 Å². The van der Waals surface area contributed by atoms with Crippen molar-refractivity contribution in [3.05, 3.63) is 146 Å². The zero-order valence-electron chi connectivity index (χ0n) is 53.9. The summed E-state index contributed by atoms with van der Waals surface area (Å²) in [7, 11) is 0. The number of hydrogen-bond acceptors (Lipinski definition) is 6. The lowest BCUT2D eigenvalue weighted by Gasteiger charge is -2.18. The predicted octanol–water partition coefficient (Wildman–Crippen LogP) is 23.9. The lowest BCUT2D eigenvalue weighted by molar-refractivity contribution is -0.167. The van der Waals surface area contributed by atoms with E-state index in [4.69, 9.17) is 14.2 Å². The Balaban J connectivity index is 4.45. The van der Waals surface area contributed by atoms with Crippen LogP contribution in [0.2, 0.25) is 0 Å². The van der Waals surface area contributed by atoms with Crippen molar-refractivity contribution in [2.45, 2.75) is 309 Å². The summed E-state index contributed by atoms with van der Waals surface area (Å²) in [4.78, 5) is 38.5. The van der Waals surface area contributed by atoms with Gasteiger partial charge in [0.05, 0.1) is 0 Å². The van der Waals surface area contributed by atoms with E-state index in [0.717, 1.165) is 161 Å². The number of carbonyl (C=O) groups excluding carboxylic acids is 3. The van der Waals surface area contributed by atoms with Crippen molar-refractivity contribution in [2.24, 2.45) is 0 Å². The molecular formula is C77H126O6. The molecule has 0 radical (unpaired) electrons. The maximum Gasteiger partial charge on any atom is 0.306 e. The average molecular weight is 1150 g/mol. The van der Waals surface area contributed by atoms with Gasteiger partial charge in [0.2, 0.25) is 0 Å². The summed E-state index contributed by atoms with van der Waals surface area (Å²) in [5.41, 5.74) is 0. The Labute approximate surface area is 512 Å². The normalized spacial score (nSPS) is 13.0. The fourth-order valence-electron chi connectivity index (χ4n) is 9.23. The summed E-state index contributed by atoms with van der Waals surface area (Å²) in [5.74, 6) is -0.924. The highest BCUT2D eigenvalue weighted by atomic mass is 16.6. The zero-order chi connectivity index (χ0) is 59.9. The first-order valence-corrected chi connectivity index (χ1v) is 34.3. The van der Waals surface area contributed by atoms with E-state index >= 15 is 0 Å². The van der Waals surface area contributed by atoms with Gasteiger partial charge in [0, 0.05) is 19.3 Å². The van der Waals surface area contributed by atoms with Gasteiger partial charge < -0.3 is 14.2 Å². The molecule has 0 N–H and O–H groups in total. The Morgan fingerprint density at radius 2 is 0.470 bits per heavy atom. The number of allylic oxidation sites excluding steroid dienone is 24. The minimum atomic E-state index is -0.803. The molecule has 0 aromatic carbocycles. The second-order valence-electron chi connectivity index (χ2n) is 22.3. The first-order valence-electron chi connectivity index (χ1n) is 34.3. The van der Waals surface area contributed by atoms with Crippen molar-refractivity contribution >= 4 is 17.9 Å². The molecule has 470 valence electrons. The Hall–Kier alpha value is -4.71. The monoisotopic (exact) mass is 1150 g/mol. The molecule has 0 aliphatic carbocycles. The van der Waals surface area contributed by atoms with Crippen molar-refractivity contribution in [1.82, 2.24) is 0 Å². The molecule has 83 heavy (non-hydrogen) atoms. The van der Waals surface area contributed by atoms with Crippen LogP contribution in [-0.2, 0) is 28.6 Å². The Morgan fingerprint density at radius 1 is 0.253 bits per heavy atom. The van der Waals surface area contributed by atoms with Crippen LogP contribution in [0, 0.1) is 0 Å². The van der Waals surface area contributed by atoms with Gasteiger partial charge in [-0.2, -0.15) is 0 Å². The van der Waals surface area contributed by atoms with Gasteiger partial charge in [-0.3, -0.25) is 14.4 Å². The third-order valence-electron chi connectivity index (χ3n) is 14.3. The van der Waals surface area contributed by atoms with Crippen LogP contribution in [0.4, 0.5) is 0 Å². The third kappa shape index (κ3) is 68.0. The summed E-state index contributed by atoms with van der Waals surface area (Å²) >= 11 is 0. The molecule has 0 spiro atoms. The van der Waals surface area contributed by atoms with Crippen LogP contribution in [0.15, 0.2) is 146 Å². The Kier molecular flexibility index (Phi) is 65.8. The van der Waals surface area contributed by atoms with E-state index in [-0.39, 0.29) is 31.1 Å². The van der Waals surface area contributed by atoms with E-state index in [2.05, 4.69) is 167 Å². The average Bonchev–Trinajstić information content (AvgIpc) is 3.50. The summed E-state index contributed by atoms with van der Waals surface area (Å²) in [6.45, 7) is 6.38. The minimum Gasteiger partial charge on any atom is -0.462 e. The molecule has 0 aromatic heterocycles. The van der Waals surface area contributed by atoms with Crippen LogP contribution in [0.25, 0.3) is 0 Å². The quantitative estimate of drug-likeness (QED) is 0.0261. The van der Waals surface area contributed by atoms with Gasteiger partial charge in [0.1, 0.15) is 13.2 Å². The molecule has 0 aliphatic rings. The number of unbranched alkanes of at least 4 members (excludes halogenated alkanes) is 26. The number of ether oxygens (including phenoxy) is 3. The topological polar surface area (TPSA) is 78.9 Å². The first kappa shape index (κ1) is 78.3. The Morgan fingerprint density at radius 3 is 0.735 bits per heavy atom. The molecule has 0 aliphatic heterocycles. The summed E-state index contributed by atoms with van der Waals surface area (Å²) in [6, 6.07) is 0. The number of hydrogen-bond donors (Lipinski definition) is 0. The molecule has 1 unspecified atom stereocenters. The van der Waals surface area contributed by atoms with Crippen molar-refractivity contribution < 1.29 is 28.6 Å². The standard InChI is InChI=1S/C77H126O6/c1-4-7-10-13-16-19-22-25-28-31-34-36-37-38-39-41-43-46-49-52-55-58-61-64-67-70-76(79)82-73-74(72-81-75(78)69-66-63-60-57-54-51-48-45-42-33-30-27-24-21-18-15-12-9-6-3)83-77(80)71-68-65-62-59-56-53-50-47-44-40-35-32-29-26-23-20-17-14-11-8-5-2/h7-8,10-11,16-21,25-30,34-36,40,42,45,47,50,74H,4-6,9,12-15,22-24,31-33,37-39,41,43-44,46,48-49,51-73H2,1-3H3/b10-7-,11-8-,19-16-,20-17-,21-18-,28-25-,29-26-,30-27-,36-34-,40-35-,45-42-,50-47-. The van der Waals surface area contributed by atoms with Gasteiger partial charge in [-0.25, -0.2) is 0 Å². The van der Waals surface area contributed by atoms with Gasteiger partial charge in [-0.05, 0) is 141 Å². The molecule has 0 saturated carbocycles. The van der Waals surface area contributed by atoms with Crippen molar-refractivity contribution in [3.63, 3.8) is 0 Å². The molecule has 6 heteroatoms. The van der Waals surface area contributed by atoms with E-state index in [9.17, 15) is 14.4 Å². The van der Waals surface area contributed by atoms with Gasteiger partial charge in [0.15, 0.2) is 6.10 Å². The van der Waals surface area contributed by atoms with Crippen LogP contribution in [0.3, 0.4) is 0 Å². The molecule has 0 bridgehead atoms. The molecule has 0 heterocycles. The van der Waals surface area contributed by atoms with Gasteiger partial charge in [-0.15, -0.1) is 0 Å². The maximum absolute atomic E-state index is 13.0. The van der Waals surface area contributed by atoms with Crippen LogP contribution < -0.4 is 0 Å². The number of rotatable bonds is 61. The highest BCUT2D eigenvalue weighted by molar-refractivity contribution is 5.71. The van der Waals surface area contributed by atoms with E-state index in [1.165, 1.54) is 103 Å². The molecule has 1 atom stereocenters. The first-order chi connectivity index (χ1) is 41.0. The van der Waals surface area contributed by atoms with Gasteiger partial charge in [-0.1, -0.05) is 289 Å². The largest absolute Gasteiger partial charge is 0.462 e. The summed E-state index contributed by atoms with van der Waals surface area (Å²) in [6.07, 6.45) is 99.9. The molecule has 0 saturated heterocycles. The van der Waals surface area contributed by atoms with E-state index in [1.807, 2.05) is 0 Å². The molecular weight excluding hydrogens is 1020 g/mol. The fourth-order valence-corrected chi connectivity index (χ4v) is 9.23. The van der Waals surface area contributed by atoms with Gasteiger partial charge in [0.25, 0.3) is 0 Å². The fraction of sp³-hybridized carbons (Fsp3) is 0.649. The van der Waals surface area contributed by atoms with Crippen molar-refractivity contribution in [3.8, 4) is 0 Å².